The molecular formula is C45H85NO3. The summed E-state index contributed by atoms with van der Waals surface area (Å²) in [7, 11) is 0. The van der Waals surface area contributed by atoms with Crippen LogP contribution in [0.5, 0.6) is 0 Å². The Morgan fingerprint density at radius 3 is 1.18 bits per heavy atom. The molecular weight excluding hydrogens is 602 g/mol. The number of hydrogen-bond acceptors (Lipinski definition) is 3. The molecule has 4 heteroatoms. The molecule has 2 atom stereocenters. The Morgan fingerprint density at radius 1 is 0.469 bits per heavy atom. The van der Waals surface area contributed by atoms with Crippen molar-refractivity contribution in [3.05, 3.63) is 36.5 Å². The first-order valence-electron chi connectivity index (χ1n) is 21.7. The van der Waals surface area contributed by atoms with Crippen LogP contribution in [-0.2, 0) is 4.79 Å². The third kappa shape index (κ3) is 37.7. The van der Waals surface area contributed by atoms with E-state index in [1.165, 1.54) is 173 Å². The van der Waals surface area contributed by atoms with E-state index in [2.05, 4.69) is 43.5 Å². The molecule has 2 unspecified atom stereocenters. The van der Waals surface area contributed by atoms with Gasteiger partial charge in [0.2, 0.25) is 5.91 Å². The van der Waals surface area contributed by atoms with Crippen molar-refractivity contribution in [3.63, 3.8) is 0 Å². The van der Waals surface area contributed by atoms with Crippen LogP contribution in [-0.4, -0.2) is 34.9 Å². The Bertz CT molecular complexity index is 746. The highest BCUT2D eigenvalue weighted by Gasteiger charge is 2.17. The third-order valence-corrected chi connectivity index (χ3v) is 9.85. The van der Waals surface area contributed by atoms with Gasteiger partial charge < -0.3 is 15.5 Å². The monoisotopic (exact) mass is 688 g/mol. The van der Waals surface area contributed by atoms with Crippen LogP contribution in [0.2, 0.25) is 0 Å². The highest BCUT2D eigenvalue weighted by molar-refractivity contribution is 5.76. The van der Waals surface area contributed by atoms with Gasteiger partial charge in [-0.15, -0.1) is 0 Å². The topological polar surface area (TPSA) is 69.6 Å². The lowest BCUT2D eigenvalue weighted by Gasteiger charge is -2.19. The van der Waals surface area contributed by atoms with Crippen LogP contribution in [0.15, 0.2) is 36.5 Å². The summed E-state index contributed by atoms with van der Waals surface area (Å²) in [5.74, 6) is -0.0766. The first-order valence-corrected chi connectivity index (χ1v) is 21.7. The number of hydrogen-bond donors (Lipinski definition) is 3. The van der Waals surface area contributed by atoms with E-state index in [0.29, 0.717) is 6.42 Å². The summed E-state index contributed by atoms with van der Waals surface area (Å²) in [4.78, 5) is 12.4. The van der Waals surface area contributed by atoms with E-state index in [1.54, 1.807) is 6.08 Å². The van der Waals surface area contributed by atoms with Crippen LogP contribution in [0.4, 0.5) is 0 Å². The van der Waals surface area contributed by atoms with E-state index < -0.39 is 12.1 Å². The van der Waals surface area contributed by atoms with Gasteiger partial charge in [-0.1, -0.05) is 198 Å². The molecule has 1 amide bonds. The van der Waals surface area contributed by atoms with E-state index >= 15 is 0 Å². The summed E-state index contributed by atoms with van der Waals surface area (Å²) in [5, 5.41) is 22.9. The number of carbonyl (C=O) groups excluding carboxylic acids is 1. The third-order valence-electron chi connectivity index (χ3n) is 9.85. The average molecular weight is 688 g/mol. The van der Waals surface area contributed by atoms with Crippen molar-refractivity contribution in [3.8, 4) is 0 Å². The minimum absolute atomic E-state index is 0.0766. The van der Waals surface area contributed by atoms with Gasteiger partial charge in [-0.3, -0.25) is 4.79 Å². The van der Waals surface area contributed by atoms with E-state index in [9.17, 15) is 15.0 Å². The Morgan fingerprint density at radius 2 is 0.796 bits per heavy atom. The minimum atomic E-state index is -0.860. The smallest absolute Gasteiger partial charge is 0.220 e. The largest absolute Gasteiger partial charge is 0.394 e. The Kier molecular flexibility index (Phi) is 39.9. The van der Waals surface area contributed by atoms with Gasteiger partial charge in [-0.25, -0.2) is 0 Å². The van der Waals surface area contributed by atoms with Gasteiger partial charge in [0.05, 0.1) is 18.8 Å². The molecule has 0 saturated heterocycles. The van der Waals surface area contributed by atoms with Gasteiger partial charge in [-0.05, 0) is 57.8 Å². The number of carbonyl (C=O) groups is 1. The molecule has 0 bridgehead atoms. The fraction of sp³-hybridized carbons (Fsp3) is 0.844. The number of aliphatic hydroxyl groups is 2. The lowest BCUT2D eigenvalue weighted by molar-refractivity contribution is -0.123. The van der Waals surface area contributed by atoms with Crippen molar-refractivity contribution >= 4 is 5.91 Å². The van der Waals surface area contributed by atoms with Crippen molar-refractivity contribution in [2.24, 2.45) is 0 Å². The summed E-state index contributed by atoms with van der Waals surface area (Å²) in [6.45, 7) is 4.28. The van der Waals surface area contributed by atoms with E-state index in [0.717, 1.165) is 32.1 Å². The molecule has 0 aliphatic carbocycles. The van der Waals surface area contributed by atoms with Crippen molar-refractivity contribution in [2.45, 2.75) is 238 Å². The maximum absolute atomic E-state index is 12.4. The molecule has 0 aromatic rings. The molecule has 0 spiro atoms. The van der Waals surface area contributed by atoms with Gasteiger partial charge in [0, 0.05) is 6.42 Å². The summed E-state index contributed by atoms with van der Waals surface area (Å²) in [6.07, 6.45) is 54.0. The number of amides is 1. The molecule has 0 aromatic heterocycles. The van der Waals surface area contributed by atoms with Crippen molar-refractivity contribution in [2.75, 3.05) is 6.61 Å². The van der Waals surface area contributed by atoms with E-state index in [1.807, 2.05) is 6.08 Å². The molecule has 0 aromatic carbocycles. The second-order valence-electron chi connectivity index (χ2n) is 14.8. The summed E-state index contributed by atoms with van der Waals surface area (Å²) in [5.41, 5.74) is 0. The maximum atomic E-state index is 12.4. The zero-order valence-corrected chi connectivity index (χ0v) is 33.0. The zero-order chi connectivity index (χ0) is 35.7. The summed E-state index contributed by atoms with van der Waals surface area (Å²) < 4.78 is 0. The lowest BCUT2D eigenvalue weighted by atomic mass is 10.0. The molecule has 4 nitrogen and oxygen atoms in total. The van der Waals surface area contributed by atoms with Crippen molar-refractivity contribution in [1.29, 1.82) is 0 Å². The number of nitrogens with one attached hydrogen (secondary N) is 1. The molecule has 0 heterocycles. The molecule has 0 radical (unpaired) electrons. The zero-order valence-electron chi connectivity index (χ0n) is 33.0. The maximum Gasteiger partial charge on any atom is 0.220 e. The van der Waals surface area contributed by atoms with E-state index in [4.69, 9.17) is 0 Å². The van der Waals surface area contributed by atoms with Crippen LogP contribution < -0.4 is 5.32 Å². The van der Waals surface area contributed by atoms with Crippen LogP contribution in [0.25, 0.3) is 0 Å². The average Bonchev–Trinajstić information content (AvgIpc) is 3.10. The van der Waals surface area contributed by atoms with Crippen LogP contribution >= 0.6 is 0 Å². The number of rotatable bonds is 39. The Labute approximate surface area is 306 Å². The highest BCUT2D eigenvalue weighted by atomic mass is 16.3. The fourth-order valence-electron chi connectivity index (χ4n) is 6.48. The summed E-state index contributed by atoms with van der Waals surface area (Å²) >= 11 is 0. The predicted octanol–water partition coefficient (Wildman–Crippen LogP) is 13.4. The number of aliphatic hydroxyl groups excluding tert-OH is 2. The Balaban J connectivity index is 3.54. The van der Waals surface area contributed by atoms with Gasteiger partial charge >= 0.3 is 0 Å². The van der Waals surface area contributed by atoms with E-state index in [-0.39, 0.29) is 12.5 Å². The predicted molar refractivity (Wildman–Crippen MR) is 216 cm³/mol. The first kappa shape index (κ1) is 47.6. The van der Waals surface area contributed by atoms with Gasteiger partial charge in [0.15, 0.2) is 0 Å². The minimum Gasteiger partial charge on any atom is -0.394 e. The van der Waals surface area contributed by atoms with Gasteiger partial charge in [0.25, 0.3) is 0 Å². The van der Waals surface area contributed by atoms with Crippen LogP contribution in [0.1, 0.15) is 226 Å². The highest BCUT2D eigenvalue weighted by Crippen LogP contribution is 2.14. The quantitative estimate of drug-likeness (QED) is 0.0445. The second kappa shape index (κ2) is 41.0. The molecule has 288 valence electrons. The lowest BCUT2D eigenvalue weighted by Crippen LogP contribution is -2.45. The van der Waals surface area contributed by atoms with Crippen molar-refractivity contribution in [1.82, 2.24) is 5.32 Å². The molecule has 0 fully saturated rings. The van der Waals surface area contributed by atoms with Crippen LogP contribution in [0.3, 0.4) is 0 Å². The Hall–Kier alpha value is -1.39. The molecule has 0 aliphatic heterocycles. The number of unbranched alkanes of at least 4 members (excludes halogenated alkanes) is 28. The van der Waals surface area contributed by atoms with Crippen molar-refractivity contribution < 1.29 is 15.0 Å². The van der Waals surface area contributed by atoms with Crippen LogP contribution in [0, 0.1) is 0 Å². The molecule has 3 N–H and O–H groups in total. The normalized spacial score (nSPS) is 13.3. The first-order chi connectivity index (χ1) is 24.2. The molecule has 0 saturated carbocycles. The number of allylic oxidation sites excluding steroid dienone is 5. The van der Waals surface area contributed by atoms with Gasteiger partial charge in [0.1, 0.15) is 0 Å². The molecule has 0 rings (SSSR count). The summed E-state index contributed by atoms with van der Waals surface area (Å²) in [6, 6.07) is -0.637. The molecule has 0 aliphatic rings. The second-order valence-corrected chi connectivity index (χ2v) is 14.8. The fourth-order valence-corrected chi connectivity index (χ4v) is 6.48. The standard InChI is InChI=1S/C45H85NO3/c1-3-5-7-9-11-13-15-17-18-19-20-21-22-23-24-25-26-27-28-29-31-33-35-37-39-41-45(49)46-43(42-47)44(48)40-38-36-34-32-30-16-14-12-10-8-6-4-2/h23-24,30,32,38,40,43-44,47-48H,3-22,25-29,31,33-37,39,41-42H2,1-2H3,(H,46,49)/b24-23-,32-30+,40-38+. The van der Waals surface area contributed by atoms with Gasteiger partial charge in [-0.2, -0.15) is 0 Å². The SMILES string of the molecule is CCCCCCCC/C=C/CC/C=C/C(O)C(CO)NC(=O)CCCCCCCCCCC/C=C\CCCCCCCCCCCCCC. The molecule has 49 heavy (non-hydrogen) atoms.